The fraction of sp³-hybridized carbons (Fsp3) is 0.118. The molecule has 0 unspecified atom stereocenters. The SMILES string of the molecule is COC(=O)c1ccccc1Cn1ccnc1-c1ccccn1. The molecule has 0 N–H and O–H groups in total. The van der Waals surface area contributed by atoms with Crippen molar-refractivity contribution in [2.45, 2.75) is 6.54 Å². The first-order valence-corrected chi connectivity index (χ1v) is 6.88. The number of esters is 1. The van der Waals surface area contributed by atoms with Gasteiger partial charge >= 0.3 is 5.97 Å². The van der Waals surface area contributed by atoms with Crippen LogP contribution in [-0.2, 0) is 11.3 Å². The number of rotatable bonds is 4. The van der Waals surface area contributed by atoms with Crippen LogP contribution in [0.4, 0.5) is 0 Å². The molecular weight excluding hydrogens is 278 g/mol. The van der Waals surface area contributed by atoms with Crippen LogP contribution in [0.15, 0.2) is 61.1 Å². The van der Waals surface area contributed by atoms with Crippen LogP contribution in [0.5, 0.6) is 0 Å². The van der Waals surface area contributed by atoms with Gasteiger partial charge in [-0.2, -0.15) is 0 Å². The summed E-state index contributed by atoms with van der Waals surface area (Å²) in [5, 5.41) is 0. The molecule has 0 saturated heterocycles. The summed E-state index contributed by atoms with van der Waals surface area (Å²) in [7, 11) is 1.38. The van der Waals surface area contributed by atoms with Gasteiger partial charge in [0.15, 0.2) is 5.82 Å². The van der Waals surface area contributed by atoms with E-state index >= 15 is 0 Å². The normalized spacial score (nSPS) is 10.4. The highest BCUT2D eigenvalue weighted by Crippen LogP contribution is 2.18. The van der Waals surface area contributed by atoms with Gasteiger partial charge in [0.05, 0.1) is 12.7 Å². The van der Waals surface area contributed by atoms with E-state index in [-0.39, 0.29) is 5.97 Å². The minimum Gasteiger partial charge on any atom is -0.465 e. The Balaban J connectivity index is 1.96. The Bertz CT molecular complexity index is 781. The van der Waals surface area contributed by atoms with Gasteiger partial charge in [0.1, 0.15) is 5.69 Å². The highest BCUT2D eigenvalue weighted by atomic mass is 16.5. The number of methoxy groups -OCH3 is 1. The van der Waals surface area contributed by atoms with Crippen molar-refractivity contribution in [1.29, 1.82) is 0 Å². The van der Waals surface area contributed by atoms with Crippen molar-refractivity contribution in [1.82, 2.24) is 14.5 Å². The van der Waals surface area contributed by atoms with Crippen LogP contribution < -0.4 is 0 Å². The highest BCUT2D eigenvalue weighted by Gasteiger charge is 2.13. The predicted molar refractivity (Wildman–Crippen MR) is 82.3 cm³/mol. The lowest BCUT2D eigenvalue weighted by atomic mass is 10.1. The quantitative estimate of drug-likeness (QED) is 0.694. The molecule has 5 heteroatoms. The Morgan fingerprint density at radius 1 is 1.09 bits per heavy atom. The summed E-state index contributed by atoms with van der Waals surface area (Å²) in [6.07, 6.45) is 5.33. The third-order valence-electron chi connectivity index (χ3n) is 3.37. The van der Waals surface area contributed by atoms with Crippen molar-refractivity contribution >= 4 is 5.97 Å². The standard InChI is InChI=1S/C17H15N3O2/c1-22-17(21)14-7-3-2-6-13(14)12-20-11-10-19-16(20)15-8-4-5-9-18-15/h2-11H,12H2,1H3. The van der Waals surface area contributed by atoms with Gasteiger partial charge in [-0.3, -0.25) is 4.98 Å². The lowest BCUT2D eigenvalue weighted by molar-refractivity contribution is 0.0599. The summed E-state index contributed by atoms with van der Waals surface area (Å²) in [6, 6.07) is 13.1. The summed E-state index contributed by atoms with van der Waals surface area (Å²) >= 11 is 0. The van der Waals surface area contributed by atoms with E-state index in [2.05, 4.69) is 9.97 Å². The second kappa shape index (κ2) is 6.22. The van der Waals surface area contributed by atoms with Gasteiger partial charge in [0.25, 0.3) is 0 Å². The fourth-order valence-electron chi connectivity index (χ4n) is 2.32. The van der Waals surface area contributed by atoms with Crippen LogP contribution in [0.3, 0.4) is 0 Å². The maximum absolute atomic E-state index is 11.9. The number of aromatic nitrogens is 3. The number of carbonyl (C=O) groups is 1. The molecule has 0 aliphatic heterocycles. The molecule has 1 aromatic carbocycles. The van der Waals surface area contributed by atoms with E-state index in [1.165, 1.54) is 7.11 Å². The molecule has 2 aromatic heterocycles. The smallest absolute Gasteiger partial charge is 0.338 e. The fourth-order valence-corrected chi connectivity index (χ4v) is 2.32. The monoisotopic (exact) mass is 293 g/mol. The van der Waals surface area contributed by atoms with Gasteiger partial charge in [-0.1, -0.05) is 24.3 Å². The van der Waals surface area contributed by atoms with Crippen molar-refractivity contribution in [3.05, 3.63) is 72.2 Å². The highest BCUT2D eigenvalue weighted by molar-refractivity contribution is 5.91. The van der Waals surface area contributed by atoms with Gasteiger partial charge < -0.3 is 9.30 Å². The number of carbonyl (C=O) groups excluding carboxylic acids is 1. The maximum Gasteiger partial charge on any atom is 0.338 e. The molecule has 0 fully saturated rings. The molecule has 2 heterocycles. The average molecular weight is 293 g/mol. The van der Waals surface area contributed by atoms with Crippen molar-refractivity contribution in [2.24, 2.45) is 0 Å². The van der Waals surface area contributed by atoms with E-state index in [9.17, 15) is 4.79 Å². The second-order valence-corrected chi connectivity index (χ2v) is 4.74. The minimum absolute atomic E-state index is 0.338. The van der Waals surface area contributed by atoms with Gasteiger partial charge in [0.2, 0.25) is 0 Å². The minimum atomic E-state index is -0.338. The van der Waals surface area contributed by atoms with Crippen LogP contribution >= 0.6 is 0 Å². The second-order valence-electron chi connectivity index (χ2n) is 4.74. The lowest BCUT2D eigenvalue weighted by Gasteiger charge is -2.11. The van der Waals surface area contributed by atoms with Crippen molar-refractivity contribution < 1.29 is 9.53 Å². The first-order chi connectivity index (χ1) is 10.8. The number of nitrogens with zero attached hydrogens (tertiary/aromatic N) is 3. The number of benzene rings is 1. The van der Waals surface area contributed by atoms with E-state index in [0.717, 1.165) is 17.1 Å². The molecule has 0 aliphatic rings. The van der Waals surface area contributed by atoms with E-state index in [1.54, 1.807) is 18.5 Å². The third-order valence-corrected chi connectivity index (χ3v) is 3.37. The third kappa shape index (κ3) is 2.74. The van der Waals surface area contributed by atoms with Crippen LogP contribution in [0.2, 0.25) is 0 Å². The zero-order chi connectivity index (χ0) is 15.4. The Labute approximate surface area is 128 Å². The molecule has 0 atom stereocenters. The first kappa shape index (κ1) is 14.0. The lowest BCUT2D eigenvalue weighted by Crippen LogP contribution is -2.09. The molecule has 0 radical (unpaired) electrons. The summed E-state index contributed by atoms with van der Waals surface area (Å²) in [6.45, 7) is 0.525. The number of ether oxygens (including phenoxy) is 1. The molecule has 0 aliphatic carbocycles. The van der Waals surface area contributed by atoms with Crippen LogP contribution in [0.1, 0.15) is 15.9 Å². The molecule has 3 rings (SSSR count). The maximum atomic E-state index is 11.9. The molecule has 0 bridgehead atoms. The van der Waals surface area contributed by atoms with E-state index < -0.39 is 0 Å². The van der Waals surface area contributed by atoms with Crippen LogP contribution in [-0.4, -0.2) is 27.6 Å². The predicted octanol–water partition coefficient (Wildman–Crippen LogP) is 2.78. The number of hydrogen-bond acceptors (Lipinski definition) is 4. The van der Waals surface area contributed by atoms with Gasteiger partial charge in [-0.05, 0) is 23.8 Å². The largest absolute Gasteiger partial charge is 0.465 e. The van der Waals surface area contributed by atoms with Gasteiger partial charge in [0, 0.05) is 25.1 Å². The van der Waals surface area contributed by atoms with Gasteiger partial charge in [-0.25, -0.2) is 9.78 Å². The van der Waals surface area contributed by atoms with Gasteiger partial charge in [-0.15, -0.1) is 0 Å². The molecule has 22 heavy (non-hydrogen) atoms. The average Bonchev–Trinajstić information content (AvgIpc) is 3.03. The molecule has 3 aromatic rings. The summed E-state index contributed by atoms with van der Waals surface area (Å²) < 4.78 is 6.80. The van der Waals surface area contributed by atoms with Crippen LogP contribution in [0.25, 0.3) is 11.5 Å². The van der Waals surface area contributed by atoms with E-state index in [4.69, 9.17) is 4.74 Å². The summed E-state index contributed by atoms with van der Waals surface area (Å²) in [5.74, 6) is 0.426. The number of pyridine rings is 1. The van der Waals surface area contributed by atoms with E-state index in [0.29, 0.717) is 12.1 Å². The van der Waals surface area contributed by atoms with Crippen molar-refractivity contribution in [3.63, 3.8) is 0 Å². The number of hydrogen-bond donors (Lipinski definition) is 0. The first-order valence-electron chi connectivity index (χ1n) is 6.88. The van der Waals surface area contributed by atoms with Crippen LogP contribution in [0, 0.1) is 0 Å². The Morgan fingerprint density at radius 3 is 2.68 bits per heavy atom. The molecule has 0 saturated carbocycles. The van der Waals surface area contributed by atoms with Crippen molar-refractivity contribution in [3.8, 4) is 11.5 Å². The molecule has 0 amide bonds. The Kier molecular flexibility index (Phi) is 3.96. The molecule has 110 valence electrons. The zero-order valence-corrected chi connectivity index (χ0v) is 12.1. The molecule has 0 spiro atoms. The summed E-state index contributed by atoms with van der Waals surface area (Å²) in [5.41, 5.74) is 2.23. The van der Waals surface area contributed by atoms with E-state index in [1.807, 2.05) is 47.2 Å². The topological polar surface area (TPSA) is 57.0 Å². The Hall–Kier alpha value is -2.95. The zero-order valence-electron chi connectivity index (χ0n) is 12.1. The van der Waals surface area contributed by atoms with Crippen molar-refractivity contribution in [2.75, 3.05) is 7.11 Å². The molecule has 5 nitrogen and oxygen atoms in total. The summed E-state index contributed by atoms with van der Waals surface area (Å²) in [4.78, 5) is 20.5. The Morgan fingerprint density at radius 2 is 1.91 bits per heavy atom. The number of imidazole rings is 1. The molecular formula is C17H15N3O2.